The van der Waals surface area contributed by atoms with Crippen LogP contribution in [0.2, 0.25) is 5.02 Å². The third kappa shape index (κ3) is 7.04. The molecule has 0 aliphatic rings. The van der Waals surface area contributed by atoms with Gasteiger partial charge < -0.3 is 5.32 Å². The van der Waals surface area contributed by atoms with Gasteiger partial charge >= 0.3 is 0 Å². The molecule has 0 saturated carbocycles. The molecule has 1 N–H and O–H groups in total. The van der Waals surface area contributed by atoms with E-state index in [2.05, 4.69) is 5.32 Å². The van der Waals surface area contributed by atoms with Crippen LogP contribution in [0, 0.1) is 13.8 Å². The van der Waals surface area contributed by atoms with Crippen LogP contribution in [0.25, 0.3) is 0 Å². The highest BCUT2D eigenvalue weighted by Crippen LogP contribution is 2.23. The lowest BCUT2D eigenvalue weighted by Gasteiger charge is -2.24. The summed E-state index contributed by atoms with van der Waals surface area (Å²) in [5.74, 6) is 0.524. The van der Waals surface area contributed by atoms with E-state index in [0.717, 1.165) is 38.8 Å². The maximum Gasteiger partial charge on any atom is 0.240 e. The van der Waals surface area contributed by atoms with Crippen LogP contribution in [-0.2, 0) is 14.8 Å². The number of sulfonamides is 1. The van der Waals surface area contributed by atoms with Crippen LogP contribution >= 0.6 is 23.4 Å². The third-order valence-electron chi connectivity index (χ3n) is 4.03. The Labute approximate surface area is 176 Å². The van der Waals surface area contributed by atoms with Gasteiger partial charge in [-0.3, -0.25) is 9.10 Å². The summed E-state index contributed by atoms with van der Waals surface area (Å²) in [6, 6.07) is 13.1. The molecule has 0 aliphatic heterocycles. The zero-order valence-corrected chi connectivity index (χ0v) is 18.6. The monoisotopic (exact) mass is 440 g/mol. The van der Waals surface area contributed by atoms with Crippen molar-refractivity contribution < 1.29 is 13.2 Å². The number of nitrogens with zero attached hydrogens (tertiary/aromatic N) is 1. The Morgan fingerprint density at radius 2 is 1.82 bits per heavy atom. The summed E-state index contributed by atoms with van der Waals surface area (Å²) in [7, 11) is -3.57. The molecule has 8 heteroatoms. The van der Waals surface area contributed by atoms with Crippen molar-refractivity contribution in [2.75, 3.05) is 29.4 Å². The van der Waals surface area contributed by atoms with E-state index in [1.807, 2.05) is 50.2 Å². The van der Waals surface area contributed by atoms with E-state index in [1.165, 1.54) is 0 Å². The molecule has 2 rings (SSSR count). The zero-order chi connectivity index (χ0) is 20.7. The van der Waals surface area contributed by atoms with Crippen LogP contribution in [-0.4, -0.2) is 39.4 Å². The van der Waals surface area contributed by atoms with Crippen LogP contribution in [0.3, 0.4) is 0 Å². The van der Waals surface area contributed by atoms with Gasteiger partial charge in [-0.15, -0.1) is 11.8 Å². The Morgan fingerprint density at radius 1 is 1.14 bits per heavy atom. The number of aryl methyl sites for hydroxylation is 2. The number of carbonyl (C=O) groups is 1. The maximum atomic E-state index is 12.3. The molecule has 28 heavy (non-hydrogen) atoms. The Balaban J connectivity index is 1.85. The summed E-state index contributed by atoms with van der Waals surface area (Å²) in [5, 5.41) is 3.51. The van der Waals surface area contributed by atoms with Gasteiger partial charge in [0.05, 0.1) is 11.9 Å². The van der Waals surface area contributed by atoms with Gasteiger partial charge in [0.15, 0.2) is 0 Å². The van der Waals surface area contributed by atoms with Gasteiger partial charge in [0.1, 0.15) is 6.54 Å². The van der Waals surface area contributed by atoms with E-state index >= 15 is 0 Å². The first-order valence-corrected chi connectivity index (χ1v) is 12.1. The minimum atomic E-state index is -3.57. The number of nitrogens with one attached hydrogen (secondary N) is 1. The first kappa shape index (κ1) is 22.6. The summed E-state index contributed by atoms with van der Waals surface area (Å²) in [6.07, 6.45) is 1.89. The number of halogens is 1. The second-order valence-corrected chi connectivity index (χ2v) is 10.1. The number of carbonyl (C=O) groups excluding carboxylic acids is 1. The zero-order valence-electron chi connectivity index (χ0n) is 16.2. The molecule has 1 amide bonds. The molecule has 0 bridgehead atoms. The van der Waals surface area contributed by atoms with E-state index in [1.54, 1.807) is 17.8 Å². The molecule has 0 atom stereocenters. The highest BCUT2D eigenvalue weighted by molar-refractivity contribution is 7.99. The number of benzene rings is 2. The standard InChI is InChI=1S/C20H25ClN2O3S2/c1-15-5-10-19(16(2)13-15)23(28(3,25)26)14-20(24)22-11-4-12-27-18-8-6-17(21)7-9-18/h5-10,13H,4,11-12,14H2,1-3H3,(H,22,24). The van der Waals surface area contributed by atoms with Crippen LogP contribution in [0.4, 0.5) is 5.69 Å². The number of anilines is 1. The molecule has 0 saturated heterocycles. The first-order valence-electron chi connectivity index (χ1n) is 8.87. The van der Waals surface area contributed by atoms with Gasteiger partial charge in [0.2, 0.25) is 15.9 Å². The van der Waals surface area contributed by atoms with Gasteiger partial charge in [-0.25, -0.2) is 8.42 Å². The Bertz CT molecular complexity index is 916. The minimum Gasteiger partial charge on any atom is -0.354 e. The summed E-state index contributed by atoms with van der Waals surface area (Å²) in [6.45, 7) is 4.04. The van der Waals surface area contributed by atoms with Crippen LogP contribution in [0.15, 0.2) is 47.4 Å². The Hall–Kier alpha value is -1.70. The molecular weight excluding hydrogens is 416 g/mol. The predicted molar refractivity (Wildman–Crippen MR) is 118 cm³/mol. The topological polar surface area (TPSA) is 66.5 Å². The SMILES string of the molecule is Cc1ccc(N(CC(=O)NCCCSc2ccc(Cl)cc2)S(C)(=O)=O)c(C)c1. The molecule has 152 valence electrons. The second-order valence-electron chi connectivity index (χ2n) is 6.57. The fourth-order valence-electron chi connectivity index (χ4n) is 2.67. The van der Waals surface area contributed by atoms with Gasteiger partial charge in [0.25, 0.3) is 0 Å². The first-order chi connectivity index (χ1) is 13.2. The predicted octanol–water partition coefficient (Wildman–Crippen LogP) is 4.02. The van der Waals surface area contributed by atoms with Crippen LogP contribution in [0.1, 0.15) is 17.5 Å². The minimum absolute atomic E-state index is 0.229. The molecule has 0 radical (unpaired) electrons. The molecule has 0 unspecified atom stereocenters. The van der Waals surface area contributed by atoms with Crippen molar-refractivity contribution in [3.63, 3.8) is 0 Å². The fourth-order valence-corrected chi connectivity index (χ4v) is 4.57. The molecule has 2 aromatic carbocycles. The molecule has 0 fully saturated rings. The number of hydrogen-bond donors (Lipinski definition) is 1. The molecule has 0 heterocycles. The van der Waals surface area contributed by atoms with Gasteiger partial charge in [-0.2, -0.15) is 0 Å². The highest BCUT2D eigenvalue weighted by atomic mass is 35.5. The lowest BCUT2D eigenvalue weighted by Crippen LogP contribution is -2.41. The molecule has 2 aromatic rings. The van der Waals surface area contributed by atoms with E-state index in [4.69, 9.17) is 11.6 Å². The second kappa shape index (κ2) is 10.2. The number of thioether (sulfide) groups is 1. The Kier molecular flexibility index (Phi) is 8.22. The smallest absolute Gasteiger partial charge is 0.240 e. The van der Waals surface area contributed by atoms with E-state index in [0.29, 0.717) is 17.3 Å². The summed E-state index contributed by atoms with van der Waals surface area (Å²) < 4.78 is 25.5. The van der Waals surface area contributed by atoms with Crippen molar-refractivity contribution >= 4 is 45.0 Å². The Morgan fingerprint density at radius 3 is 2.43 bits per heavy atom. The summed E-state index contributed by atoms with van der Waals surface area (Å²) in [4.78, 5) is 13.4. The van der Waals surface area contributed by atoms with E-state index < -0.39 is 10.0 Å². The summed E-state index contributed by atoms with van der Waals surface area (Å²) in [5.41, 5.74) is 2.39. The van der Waals surface area contributed by atoms with Gasteiger partial charge in [0, 0.05) is 16.5 Å². The normalized spacial score (nSPS) is 11.3. The van der Waals surface area contributed by atoms with Crippen LogP contribution in [0.5, 0.6) is 0 Å². The highest BCUT2D eigenvalue weighted by Gasteiger charge is 2.22. The quantitative estimate of drug-likeness (QED) is 0.472. The van der Waals surface area contributed by atoms with Crippen LogP contribution < -0.4 is 9.62 Å². The van der Waals surface area contributed by atoms with Crippen molar-refractivity contribution in [2.45, 2.75) is 25.2 Å². The molecular formula is C20H25ClN2O3S2. The lowest BCUT2D eigenvalue weighted by atomic mass is 10.1. The average Bonchev–Trinajstić information content (AvgIpc) is 2.61. The number of hydrogen-bond acceptors (Lipinski definition) is 4. The van der Waals surface area contributed by atoms with E-state index in [-0.39, 0.29) is 12.5 Å². The number of amides is 1. The van der Waals surface area contributed by atoms with Gasteiger partial charge in [-0.1, -0.05) is 29.3 Å². The average molecular weight is 441 g/mol. The van der Waals surface area contributed by atoms with Crippen molar-refractivity contribution in [3.8, 4) is 0 Å². The van der Waals surface area contributed by atoms with Crippen molar-refractivity contribution in [1.82, 2.24) is 5.32 Å². The summed E-state index contributed by atoms with van der Waals surface area (Å²) >= 11 is 7.54. The largest absolute Gasteiger partial charge is 0.354 e. The fraction of sp³-hybridized carbons (Fsp3) is 0.350. The van der Waals surface area contributed by atoms with Gasteiger partial charge in [-0.05, 0) is 61.9 Å². The van der Waals surface area contributed by atoms with E-state index in [9.17, 15) is 13.2 Å². The van der Waals surface area contributed by atoms with Crippen molar-refractivity contribution in [2.24, 2.45) is 0 Å². The molecule has 5 nitrogen and oxygen atoms in total. The van der Waals surface area contributed by atoms with Crippen molar-refractivity contribution in [1.29, 1.82) is 0 Å². The number of rotatable bonds is 9. The maximum absolute atomic E-state index is 12.3. The molecule has 0 spiro atoms. The van der Waals surface area contributed by atoms with Crippen molar-refractivity contribution in [3.05, 3.63) is 58.6 Å². The molecule has 0 aromatic heterocycles. The molecule has 0 aliphatic carbocycles. The lowest BCUT2D eigenvalue weighted by molar-refractivity contribution is -0.119. The third-order valence-corrected chi connectivity index (χ3v) is 6.51.